The molecule has 5 nitrogen and oxygen atoms in total. The maximum absolute atomic E-state index is 13.1. The highest BCUT2D eigenvalue weighted by molar-refractivity contribution is 5.80. The summed E-state index contributed by atoms with van der Waals surface area (Å²) in [5.41, 5.74) is 0. The number of hydrogen-bond donors (Lipinski definition) is 1. The van der Waals surface area contributed by atoms with Crippen molar-refractivity contribution in [3.63, 3.8) is 0 Å². The largest absolute Gasteiger partial charge is 0.481 e. The Balaban J connectivity index is 1.74. The van der Waals surface area contributed by atoms with Crippen molar-refractivity contribution in [3.8, 4) is 0 Å². The van der Waals surface area contributed by atoms with Crippen LogP contribution in [0.1, 0.15) is 69.4 Å². The molecule has 2 fully saturated rings. The first-order chi connectivity index (χ1) is 11.6. The maximum Gasteiger partial charge on any atom is 0.306 e. The second-order valence-corrected chi connectivity index (χ2v) is 7.10. The summed E-state index contributed by atoms with van der Waals surface area (Å²) in [5.74, 6) is 0.672. The molecule has 3 atom stereocenters. The van der Waals surface area contributed by atoms with Gasteiger partial charge in [0.2, 0.25) is 5.91 Å². The first-order valence-electron chi connectivity index (χ1n) is 9.22. The molecule has 1 amide bonds. The highest BCUT2D eigenvalue weighted by Gasteiger charge is 2.37. The molecule has 1 aromatic heterocycles. The molecule has 24 heavy (non-hydrogen) atoms. The van der Waals surface area contributed by atoms with Crippen molar-refractivity contribution in [1.29, 1.82) is 0 Å². The van der Waals surface area contributed by atoms with Gasteiger partial charge in [-0.3, -0.25) is 9.59 Å². The topological polar surface area (TPSA) is 70.8 Å². The quantitative estimate of drug-likeness (QED) is 0.910. The number of carbonyl (C=O) groups excluding carboxylic acids is 1. The zero-order chi connectivity index (χ0) is 17.1. The van der Waals surface area contributed by atoms with Crippen molar-refractivity contribution in [3.05, 3.63) is 23.7 Å². The van der Waals surface area contributed by atoms with Gasteiger partial charge in [0.1, 0.15) is 11.5 Å². The minimum absolute atomic E-state index is 0.0109. The van der Waals surface area contributed by atoms with Gasteiger partial charge in [0.25, 0.3) is 0 Å². The number of carbonyl (C=O) groups is 2. The Labute approximate surface area is 143 Å². The highest BCUT2D eigenvalue weighted by Crippen LogP contribution is 2.37. The third kappa shape index (κ3) is 3.50. The summed E-state index contributed by atoms with van der Waals surface area (Å²) in [5, 5.41) is 9.27. The summed E-state index contributed by atoms with van der Waals surface area (Å²) < 4.78 is 5.91. The van der Waals surface area contributed by atoms with Crippen LogP contribution in [-0.4, -0.2) is 28.4 Å². The molecule has 3 unspecified atom stereocenters. The summed E-state index contributed by atoms with van der Waals surface area (Å²) in [6, 6.07) is 4.00. The van der Waals surface area contributed by atoms with Gasteiger partial charge in [-0.25, -0.2) is 0 Å². The Kier molecular flexibility index (Phi) is 5.27. The molecular weight excluding hydrogens is 306 g/mol. The van der Waals surface area contributed by atoms with Gasteiger partial charge in [0, 0.05) is 18.9 Å². The number of furan rings is 1. The van der Waals surface area contributed by atoms with E-state index in [0.29, 0.717) is 12.8 Å². The van der Waals surface area contributed by atoms with Crippen LogP contribution in [0.25, 0.3) is 0 Å². The van der Waals surface area contributed by atoms with Gasteiger partial charge in [-0.2, -0.15) is 0 Å². The fourth-order valence-corrected chi connectivity index (χ4v) is 4.13. The first kappa shape index (κ1) is 17.1. The molecule has 1 saturated heterocycles. The molecule has 2 heterocycles. The van der Waals surface area contributed by atoms with Crippen LogP contribution in [0.2, 0.25) is 0 Å². The molecular formula is C19H27NO4. The van der Waals surface area contributed by atoms with Gasteiger partial charge < -0.3 is 14.4 Å². The van der Waals surface area contributed by atoms with Crippen LogP contribution < -0.4 is 0 Å². The SMILES string of the molecule is CCc1ccc(C2CCCCN2C(=O)C2CCCC(C(=O)O)C2)o1. The maximum atomic E-state index is 13.1. The van der Waals surface area contributed by atoms with Gasteiger partial charge in [-0.1, -0.05) is 13.3 Å². The zero-order valence-corrected chi connectivity index (χ0v) is 14.4. The summed E-state index contributed by atoms with van der Waals surface area (Å²) in [6.07, 6.45) is 6.70. The number of carboxylic acids is 1. The van der Waals surface area contributed by atoms with E-state index in [1.54, 1.807) is 0 Å². The molecule has 1 N–H and O–H groups in total. The lowest BCUT2D eigenvalue weighted by molar-refractivity contribution is -0.147. The Morgan fingerprint density at radius 3 is 2.67 bits per heavy atom. The molecule has 1 aromatic rings. The number of piperidine rings is 1. The Morgan fingerprint density at radius 2 is 1.96 bits per heavy atom. The molecule has 1 aliphatic carbocycles. The fourth-order valence-electron chi connectivity index (χ4n) is 4.13. The van der Waals surface area contributed by atoms with E-state index in [9.17, 15) is 14.7 Å². The number of hydrogen-bond acceptors (Lipinski definition) is 3. The predicted molar refractivity (Wildman–Crippen MR) is 89.5 cm³/mol. The fraction of sp³-hybridized carbons (Fsp3) is 0.684. The third-order valence-electron chi connectivity index (χ3n) is 5.52. The van der Waals surface area contributed by atoms with Crippen LogP contribution in [0.4, 0.5) is 0 Å². The van der Waals surface area contributed by atoms with Gasteiger partial charge in [0.05, 0.1) is 12.0 Å². The number of nitrogens with zero attached hydrogens (tertiary/aromatic N) is 1. The zero-order valence-electron chi connectivity index (χ0n) is 14.4. The summed E-state index contributed by atoms with van der Waals surface area (Å²) >= 11 is 0. The second-order valence-electron chi connectivity index (χ2n) is 7.10. The van der Waals surface area contributed by atoms with Crippen LogP contribution >= 0.6 is 0 Å². The lowest BCUT2D eigenvalue weighted by atomic mass is 9.80. The molecule has 1 saturated carbocycles. The van der Waals surface area contributed by atoms with Crippen LogP contribution in [-0.2, 0) is 16.0 Å². The molecule has 5 heteroatoms. The second kappa shape index (κ2) is 7.41. The number of aryl methyl sites for hydroxylation is 1. The summed E-state index contributed by atoms with van der Waals surface area (Å²) in [4.78, 5) is 26.3. The smallest absolute Gasteiger partial charge is 0.306 e. The highest BCUT2D eigenvalue weighted by atomic mass is 16.4. The normalized spacial score (nSPS) is 27.9. The average molecular weight is 333 g/mol. The van der Waals surface area contributed by atoms with E-state index in [0.717, 1.165) is 56.6 Å². The van der Waals surface area contributed by atoms with Crippen LogP contribution in [0.5, 0.6) is 0 Å². The molecule has 0 bridgehead atoms. The van der Waals surface area contributed by atoms with Crippen molar-refractivity contribution in [2.45, 2.75) is 64.3 Å². The standard InChI is InChI=1S/C19H27NO4/c1-2-15-9-10-17(24-15)16-8-3-4-11-20(16)18(21)13-6-5-7-14(12-13)19(22)23/h9-10,13-14,16H,2-8,11-12H2,1H3,(H,22,23). The number of likely N-dealkylation sites (tertiary alicyclic amines) is 1. The number of aliphatic carboxylic acids is 1. The van der Waals surface area contributed by atoms with E-state index in [-0.39, 0.29) is 23.8 Å². The Bertz CT molecular complexity index is 594. The molecule has 0 spiro atoms. The Hall–Kier alpha value is -1.78. The van der Waals surface area contributed by atoms with Gasteiger partial charge in [-0.15, -0.1) is 0 Å². The van der Waals surface area contributed by atoms with Gasteiger partial charge in [-0.05, 0) is 50.7 Å². The molecule has 2 aliphatic rings. The van der Waals surface area contributed by atoms with Crippen LogP contribution in [0, 0.1) is 11.8 Å². The summed E-state index contributed by atoms with van der Waals surface area (Å²) in [6.45, 7) is 2.81. The minimum atomic E-state index is -0.763. The molecule has 1 aliphatic heterocycles. The van der Waals surface area contributed by atoms with E-state index in [4.69, 9.17) is 4.42 Å². The van der Waals surface area contributed by atoms with Crippen molar-refractivity contribution in [2.24, 2.45) is 11.8 Å². The predicted octanol–water partition coefficient (Wildman–Crippen LogP) is 3.79. The van der Waals surface area contributed by atoms with Crippen molar-refractivity contribution >= 4 is 11.9 Å². The van der Waals surface area contributed by atoms with Crippen molar-refractivity contribution in [2.75, 3.05) is 6.54 Å². The van der Waals surface area contributed by atoms with E-state index in [2.05, 4.69) is 6.92 Å². The molecule has 0 radical (unpaired) electrons. The summed E-state index contributed by atoms with van der Waals surface area (Å²) in [7, 11) is 0. The van der Waals surface area contributed by atoms with E-state index in [1.807, 2.05) is 17.0 Å². The van der Waals surface area contributed by atoms with Crippen LogP contribution in [0.3, 0.4) is 0 Å². The van der Waals surface area contributed by atoms with Gasteiger partial charge >= 0.3 is 5.97 Å². The van der Waals surface area contributed by atoms with E-state index in [1.165, 1.54) is 0 Å². The van der Waals surface area contributed by atoms with E-state index >= 15 is 0 Å². The monoisotopic (exact) mass is 333 g/mol. The number of rotatable bonds is 4. The lowest BCUT2D eigenvalue weighted by Crippen LogP contribution is -2.43. The van der Waals surface area contributed by atoms with Crippen molar-refractivity contribution in [1.82, 2.24) is 4.90 Å². The third-order valence-corrected chi connectivity index (χ3v) is 5.52. The number of amides is 1. The van der Waals surface area contributed by atoms with E-state index < -0.39 is 5.97 Å². The molecule has 132 valence electrons. The van der Waals surface area contributed by atoms with Crippen molar-refractivity contribution < 1.29 is 19.1 Å². The average Bonchev–Trinajstić information content (AvgIpc) is 3.10. The molecule has 0 aromatic carbocycles. The minimum Gasteiger partial charge on any atom is -0.481 e. The Morgan fingerprint density at radius 1 is 1.17 bits per heavy atom. The lowest BCUT2D eigenvalue weighted by Gasteiger charge is -2.38. The molecule has 3 rings (SSSR count). The first-order valence-corrected chi connectivity index (χ1v) is 9.22. The van der Waals surface area contributed by atoms with Gasteiger partial charge in [0.15, 0.2) is 0 Å². The number of carboxylic acid groups (broad SMARTS) is 1. The van der Waals surface area contributed by atoms with Crippen LogP contribution in [0.15, 0.2) is 16.5 Å².